The van der Waals surface area contributed by atoms with Crippen LogP contribution in [0.25, 0.3) is 11.3 Å². The number of hydrogen-bond acceptors (Lipinski definition) is 7. The Morgan fingerprint density at radius 2 is 1.92 bits per heavy atom. The first-order valence-electron chi connectivity index (χ1n) is 7.70. The van der Waals surface area contributed by atoms with Crippen LogP contribution in [-0.2, 0) is 0 Å². The Labute approximate surface area is 145 Å². The van der Waals surface area contributed by atoms with Crippen molar-refractivity contribution in [2.75, 3.05) is 23.8 Å². The van der Waals surface area contributed by atoms with Gasteiger partial charge >= 0.3 is 0 Å². The fourth-order valence-corrected chi connectivity index (χ4v) is 2.24. The summed E-state index contributed by atoms with van der Waals surface area (Å²) in [6, 6.07) is 14.8. The maximum atomic E-state index is 9.02. The average molecular weight is 332 g/mol. The highest BCUT2D eigenvalue weighted by molar-refractivity contribution is 5.67. The molecule has 0 unspecified atom stereocenters. The van der Waals surface area contributed by atoms with Gasteiger partial charge in [0, 0.05) is 36.3 Å². The predicted molar refractivity (Wildman–Crippen MR) is 95.3 cm³/mol. The zero-order chi connectivity index (χ0) is 17.5. The molecule has 0 aliphatic heterocycles. The predicted octanol–water partition coefficient (Wildman–Crippen LogP) is 2.56. The Morgan fingerprint density at radius 1 is 1.08 bits per heavy atom. The summed E-state index contributed by atoms with van der Waals surface area (Å²) in [6.07, 6.45) is 3.39. The van der Waals surface area contributed by atoms with E-state index in [2.05, 4.69) is 31.7 Å². The summed E-state index contributed by atoms with van der Waals surface area (Å²) >= 11 is 0. The van der Waals surface area contributed by atoms with Gasteiger partial charge in [-0.25, -0.2) is 4.98 Å². The van der Waals surface area contributed by atoms with Gasteiger partial charge in [0.15, 0.2) is 0 Å². The van der Waals surface area contributed by atoms with E-state index in [0.717, 1.165) is 16.9 Å². The summed E-state index contributed by atoms with van der Waals surface area (Å²) in [6.45, 7) is 0.332. The highest BCUT2D eigenvalue weighted by Gasteiger charge is 2.07. The summed E-state index contributed by atoms with van der Waals surface area (Å²) in [4.78, 5) is 12.9. The Morgan fingerprint density at radius 3 is 2.68 bits per heavy atom. The molecule has 0 atom stereocenters. The molecule has 7 heteroatoms. The first kappa shape index (κ1) is 16.4. The molecule has 0 amide bonds. The Balaban J connectivity index is 1.95. The van der Waals surface area contributed by atoms with Crippen LogP contribution in [0.5, 0.6) is 0 Å². The molecule has 3 aromatic rings. The number of rotatable bonds is 6. The topological polar surface area (TPSA) is 107 Å². The summed E-state index contributed by atoms with van der Waals surface area (Å²) in [5, 5.41) is 24.2. The molecule has 25 heavy (non-hydrogen) atoms. The molecule has 0 fully saturated rings. The van der Waals surface area contributed by atoms with Crippen LogP contribution in [0.1, 0.15) is 5.56 Å². The van der Waals surface area contributed by atoms with Crippen molar-refractivity contribution in [3.8, 4) is 17.3 Å². The van der Waals surface area contributed by atoms with Gasteiger partial charge < -0.3 is 15.7 Å². The molecule has 0 saturated carbocycles. The molecule has 1 aromatic carbocycles. The standard InChI is InChI=1S/C18H16N6O/c19-12-13-2-1-3-15(10-13)22-17-11-16(14-4-6-20-7-5-14)23-18(24-17)21-8-9-25/h1-7,10-11,25H,8-9H2,(H2,21,22,23,24). The zero-order valence-electron chi connectivity index (χ0n) is 13.3. The number of hydrogen-bond donors (Lipinski definition) is 3. The summed E-state index contributed by atoms with van der Waals surface area (Å²) in [5.41, 5.74) is 2.94. The van der Waals surface area contributed by atoms with Gasteiger partial charge in [0.25, 0.3) is 0 Å². The number of nitriles is 1. The van der Waals surface area contributed by atoms with Crippen LogP contribution >= 0.6 is 0 Å². The molecular formula is C18H16N6O. The third kappa shape index (κ3) is 4.28. The van der Waals surface area contributed by atoms with Crippen molar-refractivity contribution in [1.82, 2.24) is 15.0 Å². The maximum absolute atomic E-state index is 9.02. The molecule has 0 saturated heterocycles. The van der Waals surface area contributed by atoms with E-state index in [4.69, 9.17) is 10.4 Å². The molecule has 0 aliphatic carbocycles. The first-order chi connectivity index (χ1) is 12.3. The second-order valence-electron chi connectivity index (χ2n) is 5.17. The molecule has 0 spiro atoms. The van der Waals surface area contributed by atoms with E-state index in [9.17, 15) is 0 Å². The molecule has 2 aromatic heterocycles. The number of aromatic nitrogens is 3. The summed E-state index contributed by atoms with van der Waals surface area (Å²) in [7, 11) is 0. The smallest absolute Gasteiger partial charge is 0.225 e. The van der Waals surface area contributed by atoms with E-state index in [0.29, 0.717) is 23.9 Å². The van der Waals surface area contributed by atoms with Crippen LogP contribution in [0.4, 0.5) is 17.5 Å². The first-order valence-corrected chi connectivity index (χ1v) is 7.70. The number of anilines is 3. The van der Waals surface area contributed by atoms with Gasteiger partial charge in [-0.15, -0.1) is 0 Å². The van der Waals surface area contributed by atoms with Gasteiger partial charge in [-0.05, 0) is 30.3 Å². The molecule has 3 rings (SSSR count). The van der Waals surface area contributed by atoms with Crippen molar-refractivity contribution < 1.29 is 5.11 Å². The molecular weight excluding hydrogens is 316 g/mol. The SMILES string of the molecule is N#Cc1cccc(Nc2cc(-c3ccncc3)nc(NCCO)n2)c1. The Bertz CT molecular complexity index is 892. The Hall–Kier alpha value is -3.50. The number of aliphatic hydroxyl groups excluding tert-OH is 1. The molecule has 3 N–H and O–H groups in total. The lowest BCUT2D eigenvalue weighted by molar-refractivity contribution is 0.311. The van der Waals surface area contributed by atoms with Crippen LogP contribution in [0.2, 0.25) is 0 Å². The van der Waals surface area contributed by atoms with E-state index in [1.54, 1.807) is 30.6 Å². The number of nitrogens with zero attached hydrogens (tertiary/aromatic N) is 4. The van der Waals surface area contributed by atoms with Gasteiger partial charge in [-0.2, -0.15) is 10.2 Å². The lowest BCUT2D eigenvalue weighted by atomic mass is 10.2. The van der Waals surface area contributed by atoms with Gasteiger partial charge in [-0.3, -0.25) is 4.98 Å². The third-order valence-electron chi connectivity index (χ3n) is 3.36. The van der Waals surface area contributed by atoms with Crippen LogP contribution in [-0.4, -0.2) is 33.2 Å². The molecule has 0 radical (unpaired) electrons. The normalized spacial score (nSPS) is 10.1. The molecule has 7 nitrogen and oxygen atoms in total. The minimum atomic E-state index is -0.0180. The lowest BCUT2D eigenvalue weighted by Crippen LogP contribution is -2.10. The number of pyridine rings is 1. The fourth-order valence-electron chi connectivity index (χ4n) is 2.24. The van der Waals surface area contributed by atoms with Crippen LogP contribution in [0.15, 0.2) is 54.9 Å². The number of benzene rings is 1. The van der Waals surface area contributed by atoms with Crippen molar-refractivity contribution in [1.29, 1.82) is 5.26 Å². The second-order valence-corrected chi connectivity index (χ2v) is 5.17. The fraction of sp³-hybridized carbons (Fsp3) is 0.111. The lowest BCUT2D eigenvalue weighted by Gasteiger charge is -2.11. The van der Waals surface area contributed by atoms with E-state index in [1.165, 1.54) is 0 Å². The highest BCUT2D eigenvalue weighted by Crippen LogP contribution is 2.23. The van der Waals surface area contributed by atoms with Crippen LogP contribution in [0.3, 0.4) is 0 Å². The summed E-state index contributed by atoms with van der Waals surface area (Å²) < 4.78 is 0. The number of aliphatic hydroxyl groups is 1. The van der Waals surface area contributed by atoms with E-state index in [-0.39, 0.29) is 6.61 Å². The zero-order valence-corrected chi connectivity index (χ0v) is 13.3. The maximum Gasteiger partial charge on any atom is 0.225 e. The number of nitrogens with one attached hydrogen (secondary N) is 2. The summed E-state index contributed by atoms with van der Waals surface area (Å²) in [5.74, 6) is 0.986. The Kier molecular flexibility index (Phi) is 5.14. The van der Waals surface area contributed by atoms with E-state index >= 15 is 0 Å². The van der Waals surface area contributed by atoms with Gasteiger partial charge in [0.2, 0.25) is 5.95 Å². The largest absolute Gasteiger partial charge is 0.395 e. The molecule has 2 heterocycles. The van der Waals surface area contributed by atoms with Crippen molar-refractivity contribution >= 4 is 17.5 Å². The van der Waals surface area contributed by atoms with Crippen molar-refractivity contribution in [3.05, 3.63) is 60.4 Å². The minimum Gasteiger partial charge on any atom is -0.395 e. The van der Waals surface area contributed by atoms with Crippen molar-refractivity contribution in [2.24, 2.45) is 0 Å². The van der Waals surface area contributed by atoms with Crippen molar-refractivity contribution in [2.45, 2.75) is 0 Å². The minimum absolute atomic E-state index is 0.0180. The quantitative estimate of drug-likeness (QED) is 0.637. The van der Waals surface area contributed by atoms with Crippen LogP contribution < -0.4 is 10.6 Å². The van der Waals surface area contributed by atoms with Gasteiger partial charge in [0.05, 0.1) is 23.9 Å². The van der Waals surface area contributed by atoms with E-state index < -0.39 is 0 Å². The molecule has 0 aliphatic rings. The third-order valence-corrected chi connectivity index (χ3v) is 3.36. The monoisotopic (exact) mass is 332 g/mol. The average Bonchev–Trinajstić information content (AvgIpc) is 2.67. The molecule has 0 bridgehead atoms. The van der Waals surface area contributed by atoms with Crippen LogP contribution in [0, 0.1) is 11.3 Å². The molecule has 124 valence electrons. The second kappa shape index (κ2) is 7.86. The van der Waals surface area contributed by atoms with E-state index in [1.807, 2.05) is 24.3 Å². The van der Waals surface area contributed by atoms with Gasteiger partial charge in [-0.1, -0.05) is 6.07 Å². The van der Waals surface area contributed by atoms with Crippen molar-refractivity contribution in [3.63, 3.8) is 0 Å². The highest BCUT2D eigenvalue weighted by atomic mass is 16.3. The van der Waals surface area contributed by atoms with Gasteiger partial charge in [0.1, 0.15) is 5.82 Å².